The second kappa shape index (κ2) is 9.23. The van der Waals surface area contributed by atoms with Crippen LogP contribution in [0.1, 0.15) is 48.9 Å². The topological polar surface area (TPSA) is 102 Å². The molecule has 0 radical (unpaired) electrons. The fourth-order valence-corrected chi connectivity index (χ4v) is 5.22. The van der Waals surface area contributed by atoms with E-state index < -0.39 is 10.0 Å². The van der Waals surface area contributed by atoms with Gasteiger partial charge in [-0.25, -0.2) is 13.1 Å². The van der Waals surface area contributed by atoms with E-state index >= 15 is 0 Å². The maximum absolute atomic E-state index is 12.8. The molecule has 2 aliphatic rings. The molecular formula is C18H28ClN3O4S. The van der Waals surface area contributed by atoms with Crippen LogP contribution in [-0.4, -0.2) is 51.5 Å². The molecule has 9 heteroatoms. The van der Waals surface area contributed by atoms with Gasteiger partial charge in [0.1, 0.15) is 10.6 Å². The van der Waals surface area contributed by atoms with Gasteiger partial charge >= 0.3 is 0 Å². The van der Waals surface area contributed by atoms with Gasteiger partial charge in [-0.15, -0.1) is 12.4 Å². The highest BCUT2D eigenvalue weighted by Gasteiger charge is 2.28. The van der Waals surface area contributed by atoms with Crippen molar-refractivity contribution in [2.24, 2.45) is 5.73 Å². The van der Waals surface area contributed by atoms with Crippen LogP contribution >= 0.6 is 12.4 Å². The number of benzene rings is 1. The Hall–Kier alpha value is -1.35. The van der Waals surface area contributed by atoms with Crippen LogP contribution in [0, 0.1) is 0 Å². The largest absolute Gasteiger partial charge is 0.495 e. The molecule has 7 nitrogen and oxygen atoms in total. The van der Waals surface area contributed by atoms with Crippen molar-refractivity contribution in [1.82, 2.24) is 9.62 Å². The summed E-state index contributed by atoms with van der Waals surface area (Å²) in [5, 5.41) is 0. The predicted octanol–water partition coefficient (Wildman–Crippen LogP) is 1.90. The summed E-state index contributed by atoms with van der Waals surface area (Å²) in [6.45, 7) is 1.13. The molecule has 0 aromatic heterocycles. The third kappa shape index (κ3) is 5.13. The second-order valence-electron chi connectivity index (χ2n) is 7.12. The van der Waals surface area contributed by atoms with Crippen LogP contribution in [0.15, 0.2) is 23.1 Å². The number of rotatable bonds is 5. The molecule has 1 atom stereocenters. The van der Waals surface area contributed by atoms with Gasteiger partial charge in [0, 0.05) is 30.7 Å². The molecule has 0 spiro atoms. The molecule has 1 aromatic carbocycles. The molecular weight excluding hydrogens is 390 g/mol. The van der Waals surface area contributed by atoms with E-state index in [2.05, 4.69) is 4.72 Å². The van der Waals surface area contributed by atoms with Gasteiger partial charge in [0.2, 0.25) is 10.0 Å². The van der Waals surface area contributed by atoms with Gasteiger partial charge in [-0.1, -0.05) is 12.8 Å². The Bertz CT molecular complexity index is 766. The second-order valence-corrected chi connectivity index (χ2v) is 8.80. The van der Waals surface area contributed by atoms with Crippen molar-refractivity contribution >= 4 is 28.3 Å². The molecule has 3 rings (SSSR count). The first-order valence-electron chi connectivity index (χ1n) is 9.16. The molecule has 1 aromatic rings. The molecule has 1 saturated carbocycles. The number of methoxy groups -OCH3 is 1. The quantitative estimate of drug-likeness (QED) is 0.761. The molecule has 3 N–H and O–H groups in total. The van der Waals surface area contributed by atoms with Crippen molar-refractivity contribution in [3.05, 3.63) is 23.8 Å². The minimum absolute atomic E-state index is 0. The summed E-state index contributed by atoms with van der Waals surface area (Å²) in [7, 11) is -2.33. The van der Waals surface area contributed by atoms with E-state index in [0.29, 0.717) is 18.7 Å². The van der Waals surface area contributed by atoms with Crippen LogP contribution in [0.5, 0.6) is 5.75 Å². The zero-order valence-electron chi connectivity index (χ0n) is 15.5. The summed E-state index contributed by atoms with van der Waals surface area (Å²) in [4.78, 5) is 14.5. The smallest absolute Gasteiger partial charge is 0.253 e. The Labute approximate surface area is 167 Å². The molecule has 152 valence electrons. The number of carbonyl (C=O) groups excluding carboxylic acids is 1. The summed E-state index contributed by atoms with van der Waals surface area (Å²) in [6, 6.07) is 4.48. The fraction of sp³-hybridized carbons (Fsp3) is 0.611. The average molecular weight is 418 g/mol. The van der Waals surface area contributed by atoms with Gasteiger partial charge in [0.15, 0.2) is 0 Å². The van der Waals surface area contributed by atoms with Crippen LogP contribution in [0.3, 0.4) is 0 Å². The van der Waals surface area contributed by atoms with Gasteiger partial charge in [0.05, 0.1) is 7.11 Å². The maximum atomic E-state index is 12.8. The Balaban J connectivity index is 0.00000261. The number of carbonyl (C=O) groups is 1. The molecule has 1 aliphatic carbocycles. The van der Waals surface area contributed by atoms with E-state index in [-0.39, 0.29) is 41.0 Å². The number of piperidine rings is 1. The number of hydrogen-bond donors (Lipinski definition) is 2. The molecule has 1 aliphatic heterocycles. The van der Waals surface area contributed by atoms with E-state index in [9.17, 15) is 13.2 Å². The van der Waals surface area contributed by atoms with Crippen LogP contribution < -0.4 is 15.2 Å². The number of ether oxygens (including phenoxy) is 1. The molecule has 27 heavy (non-hydrogen) atoms. The number of nitrogens with two attached hydrogens (primary N) is 1. The van der Waals surface area contributed by atoms with Gasteiger partial charge in [-0.2, -0.15) is 0 Å². The Kier molecular flexibility index (Phi) is 7.50. The van der Waals surface area contributed by atoms with Gasteiger partial charge < -0.3 is 15.4 Å². The third-order valence-corrected chi connectivity index (χ3v) is 6.66. The van der Waals surface area contributed by atoms with Gasteiger partial charge in [0.25, 0.3) is 5.91 Å². The molecule has 1 unspecified atom stereocenters. The van der Waals surface area contributed by atoms with Crippen LogP contribution in [0.4, 0.5) is 0 Å². The minimum Gasteiger partial charge on any atom is -0.495 e. The standard InChI is InChI=1S/C18H27N3O4S.ClH/c1-25-16-9-8-13(18(22)21-10-4-5-14(19)12-21)11-17(16)26(23,24)20-15-6-2-3-7-15;/h8-9,11,14-15,20H,2-7,10,12,19H2,1H3;1H. The zero-order chi connectivity index (χ0) is 18.7. The number of hydrogen-bond acceptors (Lipinski definition) is 5. The van der Waals surface area contributed by atoms with Crippen molar-refractivity contribution in [2.45, 2.75) is 55.5 Å². The molecule has 2 fully saturated rings. The van der Waals surface area contributed by atoms with Crippen LogP contribution in [0.25, 0.3) is 0 Å². The van der Waals surface area contributed by atoms with Crippen molar-refractivity contribution < 1.29 is 17.9 Å². The first-order valence-corrected chi connectivity index (χ1v) is 10.6. The summed E-state index contributed by atoms with van der Waals surface area (Å²) in [5.41, 5.74) is 6.30. The highest BCUT2D eigenvalue weighted by Crippen LogP contribution is 2.28. The Morgan fingerprint density at radius 3 is 2.56 bits per heavy atom. The van der Waals surface area contributed by atoms with Gasteiger partial charge in [-0.3, -0.25) is 4.79 Å². The summed E-state index contributed by atoms with van der Waals surface area (Å²) >= 11 is 0. The fourth-order valence-electron chi connectivity index (χ4n) is 3.72. The number of nitrogens with one attached hydrogen (secondary N) is 1. The monoisotopic (exact) mass is 417 g/mol. The SMILES string of the molecule is COc1ccc(C(=O)N2CCCC(N)C2)cc1S(=O)(=O)NC1CCCC1.Cl. The van der Waals surface area contributed by atoms with Crippen molar-refractivity contribution in [2.75, 3.05) is 20.2 Å². The van der Waals surface area contributed by atoms with Gasteiger partial charge in [-0.05, 0) is 43.9 Å². The first-order chi connectivity index (χ1) is 12.4. The Morgan fingerprint density at radius 2 is 1.93 bits per heavy atom. The number of nitrogens with zero attached hydrogens (tertiary/aromatic N) is 1. The van der Waals surface area contributed by atoms with Crippen LogP contribution in [-0.2, 0) is 10.0 Å². The lowest BCUT2D eigenvalue weighted by molar-refractivity contribution is 0.0708. The summed E-state index contributed by atoms with van der Waals surface area (Å²) < 4.78 is 33.6. The maximum Gasteiger partial charge on any atom is 0.253 e. The van der Waals surface area contributed by atoms with E-state index in [1.807, 2.05) is 0 Å². The number of halogens is 1. The lowest BCUT2D eigenvalue weighted by atomic mass is 10.1. The van der Waals surface area contributed by atoms with E-state index in [1.54, 1.807) is 17.0 Å². The highest BCUT2D eigenvalue weighted by atomic mass is 35.5. The number of amides is 1. The van der Waals surface area contributed by atoms with Crippen molar-refractivity contribution in [3.63, 3.8) is 0 Å². The Morgan fingerprint density at radius 1 is 1.22 bits per heavy atom. The highest BCUT2D eigenvalue weighted by molar-refractivity contribution is 7.89. The summed E-state index contributed by atoms with van der Waals surface area (Å²) in [5.74, 6) is 0.0440. The lowest BCUT2D eigenvalue weighted by Gasteiger charge is -2.31. The number of likely N-dealkylation sites (tertiary alicyclic amines) is 1. The normalized spacial score (nSPS) is 21.0. The van der Waals surface area contributed by atoms with E-state index in [4.69, 9.17) is 10.5 Å². The van der Waals surface area contributed by atoms with Crippen LogP contribution in [0.2, 0.25) is 0 Å². The zero-order valence-corrected chi connectivity index (χ0v) is 17.2. The first kappa shape index (κ1) is 21.9. The lowest BCUT2D eigenvalue weighted by Crippen LogP contribution is -2.45. The molecule has 1 saturated heterocycles. The summed E-state index contributed by atoms with van der Waals surface area (Å²) in [6.07, 6.45) is 5.49. The van der Waals surface area contributed by atoms with Crippen molar-refractivity contribution in [1.29, 1.82) is 0 Å². The average Bonchev–Trinajstić information content (AvgIpc) is 3.12. The minimum atomic E-state index is -3.75. The number of sulfonamides is 1. The molecule has 1 heterocycles. The van der Waals surface area contributed by atoms with E-state index in [0.717, 1.165) is 38.5 Å². The van der Waals surface area contributed by atoms with E-state index in [1.165, 1.54) is 13.2 Å². The predicted molar refractivity (Wildman–Crippen MR) is 106 cm³/mol. The van der Waals surface area contributed by atoms with Crippen molar-refractivity contribution in [3.8, 4) is 5.75 Å². The molecule has 1 amide bonds. The third-order valence-electron chi connectivity index (χ3n) is 5.12. The molecule has 0 bridgehead atoms.